The molecular weight excluding hydrogens is 254 g/mol. The first-order valence-corrected chi connectivity index (χ1v) is 7.07. The van der Waals surface area contributed by atoms with Gasteiger partial charge in [0, 0.05) is 23.9 Å². The molecule has 1 aliphatic heterocycles. The number of primary amides is 1. The van der Waals surface area contributed by atoms with Crippen LogP contribution in [0.4, 0.5) is 0 Å². The number of nitrogens with zero attached hydrogens (tertiary/aromatic N) is 2. The number of carbonyl (C=O) groups excluding carboxylic acids is 1. The maximum absolute atomic E-state index is 11.6. The van der Waals surface area contributed by atoms with Gasteiger partial charge >= 0.3 is 0 Å². The highest BCUT2D eigenvalue weighted by Crippen LogP contribution is 2.26. The zero-order chi connectivity index (χ0) is 14.7. The third-order valence-corrected chi connectivity index (χ3v) is 4.04. The number of carbonyl (C=O) groups is 1. The maximum Gasteiger partial charge on any atom is 0.234 e. The summed E-state index contributed by atoms with van der Waals surface area (Å²) in [6, 6.07) is -0.169. The quantitative estimate of drug-likeness (QED) is 0.906. The van der Waals surface area contributed by atoms with E-state index in [0.29, 0.717) is 6.54 Å². The van der Waals surface area contributed by atoms with E-state index in [0.717, 1.165) is 48.4 Å². The van der Waals surface area contributed by atoms with Gasteiger partial charge < -0.3 is 10.5 Å². The molecule has 1 saturated heterocycles. The Labute approximate surface area is 120 Å². The number of nitrogens with two attached hydrogens (primary N) is 1. The summed E-state index contributed by atoms with van der Waals surface area (Å²) < 4.78 is 5.43. The van der Waals surface area contributed by atoms with Crippen LogP contribution in [0.15, 0.2) is 6.20 Å². The van der Waals surface area contributed by atoms with Crippen molar-refractivity contribution in [2.75, 3.05) is 13.7 Å². The second-order valence-electron chi connectivity index (χ2n) is 5.43. The van der Waals surface area contributed by atoms with Crippen LogP contribution in [0.5, 0.6) is 5.75 Å². The van der Waals surface area contributed by atoms with E-state index in [1.54, 1.807) is 7.11 Å². The van der Waals surface area contributed by atoms with Crippen molar-refractivity contribution in [2.45, 2.75) is 45.7 Å². The van der Waals surface area contributed by atoms with Crippen LogP contribution in [0.25, 0.3) is 0 Å². The van der Waals surface area contributed by atoms with Gasteiger partial charge in [0.05, 0.1) is 18.8 Å². The van der Waals surface area contributed by atoms with E-state index in [1.165, 1.54) is 0 Å². The number of rotatable bonds is 4. The van der Waals surface area contributed by atoms with Gasteiger partial charge in [0.1, 0.15) is 5.75 Å². The van der Waals surface area contributed by atoms with E-state index in [9.17, 15) is 4.79 Å². The Morgan fingerprint density at radius 2 is 2.25 bits per heavy atom. The topological polar surface area (TPSA) is 68.4 Å². The number of hydrogen-bond acceptors (Lipinski definition) is 4. The summed E-state index contributed by atoms with van der Waals surface area (Å²) in [5, 5.41) is 0. The molecule has 5 nitrogen and oxygen atoms in total. The monoisotopic (exact) mass is 277 g/mol. The van der Waals surface area contributed by atoms with Crippen molar-refractivity contribution in [1.29, 1.82) is 0 Å². The predicted octanol–water partition coefficient (Wildman–Crippen LogP) is 1.55. The Kier molecular flexibility index (Phi) is 4.60. The molecule has 0 radical (unpaired) electrons. The maximum atomic E-state index is 11.6. The van der Waals surface area contributed by atoms with Gasteiger partial charge in [-0.3, -0.25) is 14.7 Å². The minimum atomic E-state index is -0.235. The number of aryl methyl sites for hydroxylation is 1. The van der Waals surface area contributed by atoms with Crippen molar-refractivity contribution in [2.24, 2.45) is 5.73 Å². The summed E-state index contributed by atoms with van der Waals surface area (Å²) in [7, 11) is 1.67. The van der Waals surface area contributed by atoms with Gasteiger partial charge in [0.15, 0.2) is 0 Å². The first-order chi connectivity index (χ1) is 9.54. The van der Waals surface area contributed by atoms with Crippen LogP contribution in [0.3, 0.4) is 0 Å². The van der Waals surface area contributed by atoms with Gasteiger partial charge in [-0.25, -0.2) is 0 Å². The summed E-state index contributed by atoms with van der Waals surface area (Å²) in [4.78, 5) is 18.2. The molecule has 0 aromatic carbocycles. The lowest BCUT2D eigenvalue weighted by Crippen LogP contribution is -2.47. The molecule has 2 N–H and O–H groups in total. The largest absolute Gasteiger partial charge is 0.496 e. The Morgan fingerprint density at radius 3 is 2.90 bits per heavy atom. The van der Waals surface area contributed by atoms with Crippen LogP contribution in [-0.4, -0.2) is 35.5 Å². The first kappa shape index (κ1) is 14.8. The Bertz CT molecular complexity index is 502. The van der Waals surface area contributed by atoms with Gasteiger partial charge in [0.25, 0.3) is 0 Å². The molecule has 20 heavy (non-hydrogen) atoms. The van der Waals surface area contributed by atoms with E-state index in [2.05, 4.69) is 9.88 Å². The summed E-state index contributed by atoms with van der Waals surface area (Å²) in [6.07, 6.45) is 4.83. The van der Waals surface area contributed by atoms with E-state index in [-0.39, 0.29) is 11.9 Å². The lowest BCUT2D eigenvalue weighted by atomic mass is 10.0. The molecule has 5 heteroatoms. The SMILES string of the molecule is COc1c(C)cnc(CN2CCCCC2C(N)=O)c1C. The smallest absolute Gasteiger partial charge is 0.234 e. The number of hydrogen-bond donors (Lipinski definition) is 1. The van der Waals surface area contributed by atoms with E-state index in [1.807, 2.05) is 20.0 Å². The predicted molar refractivity (Wildman–Crippen MR) is 77.5 cm³/mol. The Balaban J connectivity index is 2.22. The average molecular weight is 277 g/mol. The molecule has 1 aromatic heterocycles. The van der Waals surface area contributed by atoms with Crippen molar-refractivity contribution >= 4 is 5.91 Å². The number of piperidine rings is 1. The fourth-order valence-electron chi connectivity index (χ4n) is 2.93. The molecule has 1 atom stereocenters. The number of pyridine rings is 1. The molecular formula is C15H23N3O2. The summed E-state index contributed by atoms with van der Waals surface area (Å²) in [5.41, 5.74) is 8.53. The highest BCUT2D eigenvalue weighted by molar-refractivity contribution is 5.79. The van der Waals surface area contributed by atoms with Crippen molar-refractivity contribution in [3.8, 4) is 5.75 Å². The Morgan fingerprint density at radius 1 is 1.50 bits per heavy atom. The summed E-state index contributed by atoms with van der Waals surface area (Å²) >= 11 is 0. The normalized spacial score (nSPS) is 19.9. The molecule has 0 spiro atoms. The first-order valence-electron chi connectivity index (χ1n) is 7.07. The summed E-state index contributed by atoms with van der Waals surface area (Å²) in [5.74, 6) is 0.643. The van der Waals surface area contributed by atoms with Gasteiger partial charge in [-0.05, 0) is 33.2 Å². The number of amides is 1. The third kappa shape index (κ3) is 2.93. The van der Waals surface area contributed by atoms with Gasteiger partial charge in [0.2, 0.25) is 5.91 Å². The molecule has 0 aliphatic carbocycles. The summed E-state index contributed by atoms with van der Waals surface area (Å²) in [6.45, 7) is 5.54. The lowest BCUT2D eigenvalue weighted by molar-refractivity contribution is -0.124. The molecule has 1 aromatic rings. The van der Waals surface area contributed by atoms with Gasteiger partial charge in [-0.15, -0.1) is 0 Å². The fraction of sp³-hybridized carbons (Fsp3) is 0.600. The van der Waals surface area contributed by atoms with Gasteiger partial charge in [-0.2, -0.15) is 0 Å². The van der Waals surface area contributed by atoms with Crippen LogP contribution in [0.1, 0.15) is 36.1 Å². The molecule has 1 fully saturated rings. The average Bonchev–Trinajstić information content (AvgIpc) is 2.43. The van der Waals surface area contributed by atoms with Crippen LogP contribution >= 0.6 is 0 Å². The van der Waals surface area contributed by atoms with Crippen molar-refractivity contribution < 1.29 is 9.53 Å². The van der Waals surface area contributed by atoms with Gasteiger partial charge in [-0.1, -0.05) is 6.42 Å². The number of aromatic nitrogens is 1. The number of likely N-dealkylation sites (tertiary alicyclic amines) is 1. The van der Waals surface area contributed by atoms with E-state index < -0.39 is 0 Å². The molecule has 2 heterocycles. The number of methoxy groups -OCH3 is 1. The third-order valence-electron chi connectivity index (χ3n) is 4.04. The van der Waals surface area contributed by atoms with E-state index in [4.69, 9.17) is 10.5 Å². The second kappa shape index (κ2) is 6.22. The van der Waals surface area contributed by atoms with Crippen LogP contribution in [-0.2, 0) is 11.3 Å². The van der Waals surface area contributed by atoms with Crippen molar-refractivity contribution in [3.05, 3.63) is 23.0 Å². The highest BCUT2D eigenvalue weighted by atomic mass is 16.5. The van der Waals surface area contributed by atoms with Crippen LogP contribution in [0.2, 0.25) is 0 Å². The molecule has 1 amide bonds. The zero-order valence-electron chi connectivity index (χ0n) is 12.5. The van der Waals surface area contributed by atoms with Crippen molar-refractivity contribution in [1.82, 2.24) is 9.88 Å². The molecule has 110 valence electrons. The minimum Gasteiger partial charge on any atom is -0.496 e. The second-order valence-corrected chi connectivity index (χ2v) is 5.43. The fourth-order valence-corrected chi connectivity index (χ4v) is 2.93. The Hall–Kier alpha value is -1.62. The molecule has 0 saturated carbocycles. The van der Waals surface area contributed by atoms with Crippen molar-refractivity contribution in [3.63, 3.8) is 0 Å². The zero-order valence-corrected chi connectivity index (χ0v) is 12.5. The molecule has 0 bridgehead atoms. The molecule has 1 aliphatic rings. The lowest BCUT2D eigenvalue weighted by Gasteiger charge is -2.33. The van der Waals surface area contributed by atoms with E-state index >= 15 is 0 Å². The molecule has 1 unspecified atom stereocenters. The number of ether oxygens (including phenoxy) is 1. The highest BCUT2D eigenvalue weighted by Gasteiger charge is 2.27. The van der Waals surface area contributed by atoms with Crippen LogP contribution in [0, 0.1) is 13.8 Å². The van der Waals surface area contributed by atoms with Crippen LogP contribution < -0.4 is 10.5 Å². The standard InChI is InChI=1S/C15H23N3O2/c1-10-8-17-12(11(2)14(10)20-3)9-18-7-5-4-6-13(18)15(16)19/h8,13H,4-7,9H2,1-3H3,(H2,16,19). The molecule has 2 rings (SSSR count). The minimum absolute atomic E-state index is 0.169.